The molecule has 0 bridgehead atoms. The zero-order valence-electron chi connectivity index (χ0n) is 5.81. The molecule has 0 saturated heterocycles. The van der Waals surface area contributed by atoms with E-state index in [-0.39, 0.29) is 0 Å². The van der Waals surface area contributed by atoms with Gasteiger partial charge in [0.25, 0.3) is 0 Å². The number of hydrogen-bond donors (Lipinski definition) is 0. The Bertz CT molecular complexity index is 374. The number of nitrogens with zero attached hydrogens (tertiary/aromatic N) is 4. The van der Waals surface area contributed by atoms with Gasteiger partial charge in [-0.1, -0.05) is 0 Å². The van der Waals surface area contributed by atoms with Crippen LogP contribution in [-0.4, -0.2) is 19.3 Å². The van der Waals surface area contributed by atoms with E-state index < -0.39 is 0 Å². The predicted molar refractivity (Wildman–Crippen MR) is 48.6 cm³/mol. The van der Waals surface area contributed by atoms with Crippen LogP contribution in [0.15, 0.2) is 22.6 Å². The quantitative estimate of drug-likeness (QED) is 0.765. The van der Waals surface area contributed by atoms with E-state index in [4.69, 9.17) is 0 Å². The number of aromatic nitrogens is 4. The van der Waals surface area contributed by atoms with E-state index in [1.54, 1.807) is 12.4 Å². The largest absolute Gasteiger partial charge is 0.244 e. The van der Waals surface area contributed by atoms with Gasteiger partial charge in [0.15, 0.2) is 9.74 Å². The lowest BCUT2D eigenvalue weighted by molar-refractivity contribution is 1.15. The molecule has 2 heterocycles. The van der Waals surface area contributed by atoms with Gasteiger partial charge in [-0.15, -0.1) is 0 Å². The Kier molecular flexibility index (Phi) is 2.09. The van der Waals surface area contributed by atoms with Crippen molar-refractivity contribution in [2.24, 2.45) is 0 Å². The van der Waals surface area contributed by atoms with Crippen LogP contribution in [0.2, 0.25) is 0 Å². The SMILES string of the molecule is Brc1nc(-c2cncnc2)ns1. The van der Waals surface area contributed by atoms with Crippen LogP contribution in [0.1, 0.15) is 0 Å². The number of halogens is 1. The Hall–Kier alpha value is -0.880. The van der Waals surface area contributed by atoms with Gasteiger partial charge in [0.05, 0.1) is 5.56 Å². The number of hydrogen-bond acceptors (Lipinski definition) is 5. The second-order valence-corrected chi connectivity index (χ2v) is 4.03. The summed E-state index contributed by atoms with van der Waals surface area (Å²) in [6.45, 7) is 0. The average Bonchev–Trinajstić information content (AvgIpc) is 2.54. The Labute approximate surface area is 81.0 Å². The molecule has 0 amide bonds. The lowest BCUT2D eigenvalue weighted by atomic mass is 10.3. The highest BCUT2D eigenvalue weighted by Gasteiger charge is 2.03. The topological polar surface area (TPSA) is 51.6 Å². The molecule has 0 atom stereocenters. The Morgan fingerprint density at radius 1 is 1.25 bits per heavy atom. The van der Waals surface area contributed by atoms with Gasteiger partial charge in [-0.2, -0.15) is 4.37 Å². The molecule has 0 unspecified atom stereocenters. The second kappa shape index (κ2) is 3.24. The van der Waals surface area contributed by atoms with Crippen LogP contribution in [0, 0.1) is 0 Å². The molecule has 0 spiro atoms. The highest BCUT2D eigenvalue weighted by atomic mass is 79.9. The standard InChI is InChI=1S/C6H3BrN4S/c7-6-10-5(11-12-6)4-1-8-3-9-2-4/h1-3H. The third-order valence-electron chi connectivity index (χ3n) is 1.22. The predicted octanol–water partition coefficient (Wildman–Crippen LogP) is 1.76. The fourth-order valence-corrected chi connectivity index (χ4v) is 1.56. The van der Waals surface area contributed by atoms with Crippen LogP contribution in [0.25, 0.3) is 11.4 Å². The van der Waals surface area contributed by atoms with Crippen molar-refractivity contribution in [3.05, 3.63) is 22.6 Å². The average molecular weight is 243 g/mol. The minimum absolute atomic E-state index is 0.660. The molecule has 0 aliphatic rings. The minimum atomic E-state index is 0.660. The first-order valence-corrected chi connectivity index (χ1v) is 4.67. The first-order chi connectivity index (χ1) is 5.86. The molecule has 0 radical (unpaired) electrons. The maximum absolute atomic E-state index is 4.12. The molecule has 2 aromatic rings. The van der Waals surface area contributed by atoms with Crippen LogP contribution in [0.4, 0.5) is 0 Å². The van der Waals surface area contributed by atoms with Crippen molar-refractivity contribution in [1.29, 1.82) is 0 Å². The molecule has 60 valence electrons. The van der Waals surface area contributed by atoms with Crippen molar-refractivity contribution >= 4 is 27.5 Å². The summed E-state index contributed by atoms with van der Waals surface area (Å²) in [5.74, 6) is 0.660. The van der Waals surface area contributed by atoms with Gasteiger partial charge in [0.2, 0.25) is 0 Å². The summed E-state index contributed by atoms with van der Waals surface area (Å²) in [6.07, 6.45) is 4.84. The maximum Gasteiger partial charge on any atom is 0.179 e. The summed E-state index contributed by atoms with van der Waals surface area (Å²) in [6, 6.07) is 0. The number of rotatable bonds is 1. The molecular formula is C6H3BrN4S. The Morgan fingerprint density at radius 2 is 2.00 bits per heavy atom. The molecule has 0 fully saturated rings. The fraction of sp³-hybridized carbons (Fsp3) is 0. The summed E-state index contributed by atoms with van der Waals surface area (Å²) in [5.41, 5.74) is 0.833. The third-order valence-corrected chi connectivity index (χ3v) is 2.34. The van der Waals surface area contributed by atoms with Crippen molar-refractivity contribution < 1.29 is 0 Å². The van der Waals surface area contributed by atoms with Gasteiger partial charge in [0.1, 0.15) is 6.33 Å². The van der Waals surface area contributed by atoms with Crippen molar-refractivity contribution in [2.75, 3.05) is 0 Å². The zero-order valence-corrected chi connectivity index (χ0v) is 8.21. The lowest BCUT2D eigenvalue weighted by Crippen LogP contribution is -1.82. The fourth-order valence-electron chi connectivity index (χ4n) is 0.737. The molecule has 0 saturated carbocycles. The van der Waals surface area contributed by atoms with Crippen molar-refractivity contribution in [3.63, 3.8) is 0 Å². The molecule has 2 aromatic heterocycles. The van der Waals surface area contributed by atoms with E-state index in [0.29, 0.717) is 5.82 Å². The maximum atomic E-state index is 4.12. The monoisotopic (exact) mass is 242 g/mol. The minimum Gasteiger partial charge on any atom is -0.244 e. The van der Waals surface area contributed by atoms with Crippen LogP contribution >= 0.6 is 27.5 Å². The van der Waals surface area contributed by atoms with Gasteiger partial charge in [-0.25, -0.2) is 15.0 Å². The van der Waals surface area contributed by atoms with Gasteiger partial charge in [-0.3, -0.25) is 0 Å². The molecular weight excluding hydrogens is 240 g/mol. The normalized spacial score (nSPS) is 10.1. The molecule has 6 heteroatoms. The van der Waals surface area contributed by atoms with Gasteiger partial charge < -0.3 is 0 Å². The van der Waals surface area contributed by atoms with Crippen LogP contribution < -0.4 is 0 Å². The summed E-state index contributed by atoms with van der Waals surface area (Å²) < 4.78 is 4.85. The smallest absolute Gasteiger partial charge is 0.179 e. The molecule has 4 nitrogen and oxygen atoms in total. The molecule has 2 rings (SSSR count). The molecule has 0 N–H and O–H groups in total. The van der Waals surface area contributed by atoms with E-state index in [1.165, 1.54) is 17.9 Å². The van der Waals surface area contributed by atoms with E-state index in [9.17, 15) is 0 Å². The van der Waals surface area contributed by atoms with Gasteiger partial charge >= 0.3 is 0 Å². The molecule has 0 aliphatic heterocycles. The lowest BCUT2D eigenvalue weighted by Gasteiger charge is -1.89. The molecule has 0 aliphatic carbocycles. The van der Waals surface area contributed by atoms with Crippen molar-refractivity contribution in [3.8, 4) is 11.4 Å². The third kappa shape index (κ3) is 1.49. The van der Waals surface area contributed by atoms with Crippen LogP contribution in [0.5, 0.6) is 0 Å². The first kappa shape index (κ1) is 7.75. The molecule has 12 heavy (non-hydrogen) atoms. The van der Waals surface area contributed by atoms with E-state index in [2.05, 4.69) is 35.3 Å². The summed E-state index contributed by atoms with van der Waals surface area (Å²) in [5, 5.41) is 0. The van der Waals surface area contributed by atoms with E-state index in [1.807, 2.05) is 0 Å². The Balaban J connectivity index is 2.45. The second-order valence-electron chi connectivity index (χ2n) is 2.00. The highest BCUT2D eigenvalue weighted by molar-refractivity contribution is 9.11. The summed E-state index contributed by atoms with van der Waals surface area (Å²) in [4.78, 5) is 11.9. The van der Waals surface area contributed by atoms with E-state index in [0.717, 1.165) is 9.48 Å². The Morgan fingerprint density at radius 3 is 2.58 bits per heavy atom. The molecule has 0 aromatic carbocycles. The van der Waals surface area contributed by atoms with Crippen molar-refractivity contribution in [1.82, 2.24) is 19.3 Å². The zero-order chi connectivity index (χ0) is 8.39. The van der Waals surface area contributed by atoms with Crippen LogP contribution in [-0.2, 0) is 0 Å². The summed E-state index contributed by atoms with van der Waals surface area (Å²) >= 11 is 4.53. The van der Waals surface area contributed by atoms with Gasteiger partial charge in [0, 0.05) is 12.4 Å². The first-order valence-electron chi connectivity index (χ1n) is 3.11. The van der Waals surface area contributed by atoms with E-state index >= 15 is 0 Å². The highest BCUT2D eigenvalue weighted by Crippen LogP contribution is 2.19. The van der Waals surface area contributed by atoms with Crippen molar-refractivity contribution in [2.45, 2.75) is 0 Å². The summed E-state index contributed by atoms with van der Waals surface area (Å²) in [7, 11) is 0. The van der Waals surface area contributed by atoms with Crippen LogP contribution in [0.3, 0.4) is 0 Å². The van der Waals surface area contributed by atoms with Gasteiger partial charge in [-0.05, 0) is 27.5 Å².